The summed E-state index contributed by atoms with van der Waals surface area (Å²) in [5.74, 6) is 0. The number of aldehydes is 2. The van der Waals surface area contributed by atoms with Gasteiger partial charge in [-0.3, -0.25) is 9.59 Å². The van der Waals surface area contributed by atoms with Crippen molar-refractivity contribution < 1.29 is 9.59 Å². The van der Waals surface area contributed by atoms with Crippen molar-refractivity contribution in [3.8, 4) is 0 Å². The van der Waals surface area contributed by atoms with Crippen LogP contribution in [0, 0.1) is 0 Å². The first-order valence-electron chi connectivity index (χ1n) is 6.47. The number of allylic oxidation sites excluding steroid dienone is 2. The van der Waals surface area contributed by atoms with Crippen LogP contribution in [-0.4, -0.2) is 12.6 Å². The molecule has 2 aromatic carbocycles. The van der Waals surface area contributed by atoms with Crippen LogP contribution in [0.2, 0.25) is 10.0 Å². The van der Waals surface area contributed by atoms with E-state index in [9.17, 15) is 9.59 Å². The minimum absolute atomic E-state index is 0.298. The second-order valence-corrected chi connectivity index (χ2v) is 5.41. The summed E-state index contributed by atoms with van der Waals surface area (Å²) in [5, 5.41) is 1.22. The number of carbonyl (C=O) groups is 2. The van der Waals surface area contributed by atoms with Crippen molar-refractivity contribution in [2.45, 2.75) is 0 Å². The fourth-order valence-corrected chi connectivity index (χ4v) is 2.10. The Labute approximate surface area is 138 Å². The summed E-state index contributed by atoms with van der Waals surface area (Å²) < 4.78 is 0. The van der Waals surface area contributed by atoms with Gasteiger partial charge in [0.25, 0.3) is 0 Å². The Bertz CT molecular complexity index is 661. The number of hydrogen-bond donors (Lipinski definition) is 0. The average Bonchev–Trinajstić information content (AvgIpc) is 2.54. The zero-order valence-electron chi connectivity index (χ0n) is 11.5. The Hall–Kier alpha value is -2.16. The van der Waals surface area contributed by atoms with Gasteiger partial charge in [0, 0.05) is 21.2 Å². The van der Waals surface area contributed by atoms with Crippen molar-refractivity contribution in [1.82, 2.24) is 0 Å². The lowest BCUT2D eigenvalue weighted by Gasteiger charge is -2.01. The van der Waals surface area contributed by atoms with Crippen molar-refractivity contribution in [3.05, 3.63) is 80.8 Å². The first-order valence-corrected chi connectivity index (χ1v) is 7.23. The van der Waals surface area contributed by atoms with Crippen LogP contribution in [-0.2, 0) is 9.59 Å². The van der Waals surface area contributed by atoms with E-state index in [2.05, 4.69) is 0 Å². The smallest absolute Gasteiger partial charge is 0.150 e. The average molecular weight is 331 g/mol. The lowest BCUT2D eigenvalue weighted by atomic mass is 10.0. The molecule has 0 amide bonds. The topological polar surface area (TPSA) is 34.1 Å². The molecule has 2 rings (SSSR count). The molecule has 0 aliphatic rings. The van der Waals surface area contributed by atoms with Gasteiger partial charge in [0.15, 0.2) is 12.6 Å². The SMILES string of the molecule is O=CC(=C/c1ccc(Cl)cc1)/C(C=O)=C\c1ccc(Cl)cc1. The number of carbonyl (C=O) groups excluding carboxylic acids is 2. The Balaban J connectivity index is 2.37. The molecule has 0 aromatic heterocycles. The maximum absolute atomic E-state index is 11.3. The molecule has 0 aliphatic heterocycles. The molecular weight excluding hydrogens is 319 g/mol. The normalized spacial score (nSPS) is 12.1. The summed E-state index contributed by atoms with van der Waals surface area (Å²) >= 11 is 11.6. The molecule has 0 unspecified atom stereocenters. The number of benzene rings is 2. The standard InChI is InChI=1S/C18H12Cl2O2/c19-17-5-1-13(2-6-17)9-15(11-21)16(12-22)10-14-3-7-18(20)8-4-14/h1-12H/b15-9-,16-10-. The minimum Gasteiger partial charge on any atom is -0.298 e. The van der Waals surface area contributed by atoms with Gasteiger partial charge in [-0.2, -0.15) is 0 Å². The van der Waals surface area contributed by atoms with Gasteiger partial charge < -0.3 is 0 Å². The van der Waals surface area contributed by atoms with Crippen LogP contribution in [0.4, 0.5) is 0 Å². The van der Waals surface area contributed by atoms with E-state index in [0.717, 1.165) is 11.1 Å². The molecular formula is C18H12Cl2O2. The molecule has 4 heteroatoms. The molecule has 0 aliphatic carbocycles. The molecule has 0 atom stereocenters. The Kier molecular flexibility index (Phi) is 5.70. The molecule has 0 radical (unpaired) electrons. The largest absolute Gasteiger partial charge is 0.298 e. The van der Waals surface area contributed by atoms with E-state index < -0.39 is 0 Å². The van der Waals surface area contributed by atoms with E-state index in [1.54, 1.807) is 60.7 Å². The van der Waals surface area contributed by atoms with Crippen molar-refractivity contribution >= 4 is 47.9 Å². The number of rotatable bonds is 5. The molecule has 0 saturated heterocycles. The van der Waals surface area contributed by atoms with Gasteiger partial charge >= 0.3 is 0 Å². The summed E-state index contributed by atoms with van der Waals surface area (Å²) in [5.41, 5.74) is 2.17. The number of halogens is 2. The zero-order chi connectivity index (χ0) is 15.9. The maximum atomic E-state index is 11.3. The summed E-state index contributed by atoms with van der Waals surface area (Å²) in [6.07, 6.45) is 4.59. The van der Waals surface area contributed by atoms with E-state index >= 15 is 0 Å². The molecule has 22 heavy (non-hydrogen) atoms. The van der Waals surface area contributed by atoms with Gasteiger partial charge in [-0.1, -0.05) is 47.5 Å². The second kappa shape index (κ2) is 7.74. The van der Waals surface area contributed by atoms with Gasteiger partial charge in [-0.25, -0.2) is 0 Å². The highest BCUT2D eigenvalue weighted by Gasteiger charge is 2.04. The summed E-state index contributed by atoms with van der Waals surface area (Å²) in [7, 11) is 0. The van der Waals surface area contributed by atoms with Gasteiger partial charge in [0.05, 0.1) is 0 Å². The first kappa shape index (κ1) is 16.2. The Morgan fingerprint density at radius 3 is 1.23 bits per heavy atom. The van der Waals surface area contributed by atoms with E-state index in [1.165, 1.54) is 0 Å². The van der Waals surface area contributed by atoms with Crippen molar-refractivity contribution in [3.63, 3.8) is 0 Å². The highest BCUT2D eigenvalue weighted by atomic mass is 35.5. The summed E-state index contributed by atoms with van der Waals surface area (Å²) in [6.45, 7) is 0. The predicted molar refractivity (Wildman–Crippen MR) is 91.0 cm³/mol. The highest BCUT2D eigenvalue weighted by Crippen LogP contribution is 2.18. The molecule has 2 aromatic rings. The van der Waals surface area contributed by atoms with Crippen LogP contribution < -0.4 is 0 Å². The fourth-order valence-electron chi connectivity index (χ4n) is 1.85. The molecule has 2 nitrogen and oxygen atoms in total. The maximum Gasteiger partial charge on any atom is 0.150 e. The molecule has 0 spiro atoms. The van der Waals surface area contributed by atoms with Crippen LogP contribution in [0.25, 0.3) is 12.2 Å². The third-order valence-electron chi connectivity index (χ3n) is 2.97. The van der Waals surface area contributed by atoms with E-state index in [1.807, 2.05) is 0 Å². The Morgan fingerprint density at radius 1 is 0.636 bits per heavy atom. The van der Waals surface area contributed by atoms with Gasteiger partial charge in [0.1, 0.15) is 0 Å². The Morgan fingerprint density at radius 2 is 0.955 bits per heavy atom. The van der Waals surface area contributed by atoms with E-state index in [4.69, 9.17) is 23.2 Å². The van der Waals surface area contributed by atoms with Crippen LogP contribution >= 0.6 is 23.2 Å². The molecule has 0 bridgehead atoms. The first-order chi connectivity index (χ1) is 10.6. The van der Waals surface area contributed by atoms with Crippen molar-refractivity contribution in [2.24, 2.45) is 0 Å². The van der Waals surface area contributed by atoms with Crippen molar-refractivity contribution in [2.75, 3.05) is 0 Å². The molecule has 0 N–H and O–H groups in total. The van der Waals surface area contributed by atoms with Crippen LogP contribution in [0.15, 0.2) is 59.7 Å². The van der Waals surface area contributed by atoms with Crippen LogP contribution in [0.1, 0.15) is 11.1 Å². The minimum atomic E-state index is 0.298. The van der Waals surface area contributed by atoms with E-state index in [0.29, 0.717) is 33.8 Å². The predicted octanol–water partition coefficient (Wildman–Crippen LogP) is 4.86. The molecule has 0 saturated carbocycles. The van der Waals surface area contributed by atoms with Gasteiger partial charge in [-0.05, 0) is 47.5 Å². The van der Waals surface area contributed by atoms with Crippen LogP contribution in [0.3, 0.4) is 0 Å². The lowest BCUT2D eigenvalue weighted by molar-refractivity contribution is -0.107. The third kappa shape index (κ3) is 4.42. The second-order valence-electron chi connectivity index (χ2n) is 4.54. The quantitative estimate of drug-likeness (QED) is 0.445. The van der Waals surface area contributed by atoms with Crippen LogP contribution in [0.5, 0.6) is 0 Å². The van der Waals surface area contributed by atoms with Gasteiger partial charge in [0.2, 0.25) is 0 Å². The number of hydrogen-bond acceptors (Lipinski definition) is 2. The fraction of sp³-hybridized carbons (Fsp3) is 0. The van der Waals surface area contributed by atoms with E-state index in [-0.39, 0.29) is 0 Å². The zero-order valence-corrected chi connectivity index (χ0v) is 13.0. The summed E-state index contributed by atoms with van der Waals surface area (Å²) in [4.78, 5) is 22.6. The third-order valence-corrected chi connectivity index (χ3v) is 3.48. The highest BCUT2D eigenvalue weighted by molar-refractivity contribution is 6.30. The van der Waals surface area contributed by atoms with Crippen molar-refractivity contribution in [1.29, 1.82) is 0 Å². The molecule has 0 fully saturated rings. The lowest BCUT2D eigenvalue weighted by Crippen LogP contribution is -1.93. The molecule has 110 valence electrons. The van der Waals surface area contributed by atoms with Gasteiger partial charge in [-0.15, -0.1) is 0 Å². The summed E-state index contributed by atoms with van der Waals surface area (Å²) in [6, 6.07) is 14.0. The molecule has 0 heterocycles. The monoisotopic (exact) mass is 330 g/mol.